The quantitative estimate of drug-likeness (QED) is 0.801. The maximum atomic E-state index is 12.3. The first-order valence-corrected chi connectivity index (χ1v) is 9.42. The van der Waals surface area contributed by atoms with Crippen molar-refractivity contribution in [2.24, 2.45) is 5.92 Å². The molecule has 1 fully saturated rings. The third-order valence-corrected chi connectivity index (χ3v) is 5.39. The molecule has 6 heteroatoms. The fraction of sp³-hybridized carbons (Fsp3) is 0.333. The van der Waals surface area contributed by atoms with E-state index in [2.05, 4.69) is 17.0 Å². The summed E-state index contributed by atoms with van der Waals surface area (Å²) in [5.74, 6) is -2.41. The van der Waals surface area contributed by atoms with Gasteiger partial charge in [0.2, 0.25) is 5.91 Å². The summed E-state index contributed by atoms with van der Waals surface area (Å²) in [5, 5.41) is 9.79. The number of benzene rings is 2. The van der Waals surface area contributed by atoms with Gasteiger partial charge >= 0.3 is 5.97 Å². The minimum absolute atomic E-state index is 0.00551. The molecule has 0 bridgehead atoms. The molecule has 2 aromatic rings. The molecule has 0 saturated carbocycles. The fourth-order valence-electron chi connectivity index (χ4n) is 3.50. The van der Waals surface area contributed by atoms with Crippen molar-refractivity contribution in [1.82, 2.24) is 9.80 Å². The van der Waals surface area contributed by atoms with Gasteiger partial charge < -0.3 is 10.0 Å². The molecule has 2 unspecified atom stereocenters. The Kier molecular flexibility index (Phi) is 6.14. The highest BCUT2D eigenvalue weighted by molar-refractivity contribution is 6.31. The normalized spacial score (nSPS) is 17.3. The summed E-state index contributed by atoms with van der Waals surface area (Å²) in [6.07, 6.45) is 0. The highest BCUT2D eigenvalue weighted by Gasteiger charge is 2.32. The van der Waals surface area contributed by atoms with Crippen LogP contribution in [0.25, 0.3) is 0 Å². The minimum atomic E-state index is -1.08. The topological polar surface area (TPSA) is 60.9 Å². The predicted molar refractivity (Wildman–Crippen MR) is 105 cm³/mol. The van der Waals surface area contributed by atoms with Gasteiger partial charge in [0.1, 0.15) is 5.92 Å². The SMILES string of the molecule is CC(C(=O)O)C(=O)N1CCN(C(c2ccccc2)c2ccccc2Cl)CC1. The van der Waals surface area contributed by atoms with Gasteiger partial charge in [-0.3, -0.25) is 14.5 Å². The zero-order chi connectivity index (χ0) is 19.4. The summed E-state index contributed by atoms with van der Waals surface area (Å²) in [5.41, 5.74) is 2.17. The van der Waals surface area contributed by atoms with Crippen LogP contribution in [0.2, 0.25) is 5.02 Å². The highest BCUT2D eigenvalue weighted by atomic mass is 35.5. The smallest absolute Gasteiger partial charge is 0.315 e. The van der Waals surface area contributed by atoms with E-state index in [0.29, 0.717) is 31.2 Å². The highest BCUT2D eigenvalue weighted by Crippen LogP contribution is 2.33. The van der Waals surface area contributed by atoms with E-state index in [1.165, 1.54) is 6.92 Å². The van der Waals surface area contributed by atoms with E-state index in [1.807, 2.05) is 42.5 Å². The number of aliphatic carboxylic acids is 1. The van der Waals surface area contributed by atoms with E-state index in [-0.39, 0.29) is 11.9 Å². The molecule has 0 aromatic heterocycles. The molecule has 2 aromatic carbocycles. The number of hydrogen-bond acceptors (Lipinski definition) is 3. The van der Waals surface area contributed by atoms with Gasteiger partial charge in [0.15, 0.2) is 0 Å². The molecule has 0 radical (unpaired) electrons. The van der Waals surface area contributed by atoms with Crippen LogP contribution in [0.3, 0.4) is 0 Å². The van der Waals surface area contributed by atoms with Gasteiger partial charge in [-0.15, -0.1) is 0 Å². The van der Waals surface area contributed by atoms with Crippen LogP contribution in [-0.4, -0.2) is 53.0 Å². The molecule has 1 heterocycles. The third-order valence-electron chi connectivity index (χ3n) is 5.05. The van der Waals surface area contributed by atoms with Crippen LogP contribution in [0.15, 0.2) is 54.6 Å². The lowest BCUT2D eigenvalue weighted by Gasteiger charge is -2.40. The molecule has 5 nitrogen and oxygen atoms in total. The second kappa shape index (κ2) is 8.55. The van der Waals surface area contributed by atoms with Crippen LogP contribution in [0.4, 0.5) is 0 Å². The number of piperazine rings is 1. The van der Waals surface area contributed by atoms with Crippen molar-refractivity contribution in [2.45, 2.75) is 13.0 Å². The van der Waals surface area contributed by atoms with Crippen molar-refractivity contribution in [1.29, 1.82) is 0 Å². The molecular weight excluding hydrogens is 364 g/mol. The summed E-state index contributed by atoms with van der Waals surface area (Å²) < 4.78 is 0. The molecule has 1 aliphatic rings. The Labute approximate surface area is 164 Å². The number of nitrogens with zero attached hydrogens (tertiary/aromatic N) is 2. The second-order valence-electron chi connectivity index (χ2n) is 6.76. The Morgan fingerprint density at radius 3 is 2.15 bits per heavy atom. The molecule has 0 spiro atoms. The van der Waals surface area contributed by atoms with E-state index in [0.717, 1.165) is 11.1 Å². The van der Waals surface area contributed by atoms with Crippen molar-refractivity contribution >= 4 is 23.5 Å². The van der Waals surface area contributed by atoms with Crippen molar-refractivity contribution < 1.29 is 14.7 Å². The molecule has 3 rings (SSSR count). The lowest BCUT2D eigenvalue weighted by molar-refractivity contribution is -0.151. The van der Waals surface area contributed by atoms with E-state index in [9.17, 15) is 9.59 Å². The van der Waals surface area contributed by atoms with Gasteiger partial charge in [-0.2, -0.15) is 0 Å². The van der Waals surface area contributed by atoms with E-state index >= 15 is 0 Å². The average molecular weight is 387 g/mol. The molecule has 1 amide bonds. The molecule has 142 valence electrons. The number of rotatable bonds is 5. The van der Waals surface area contributed by atoms with Gasteiger partial charge in [0, 0.05) is 31.2 Å². The number of amides is 1. The number of hydrogen-bond donors (Lipinski definition) is 1. The summed E-state index contributed by atoms with van der Waals surface area (Å²) in [6, 6.07) is 18.0. The molecular formula is C21H23ClN2O3. The van der Waals surface area contributed by atoms with Crippen LogP contribution >= 0.6 is 11.6 Å². The van der Waals surface area contributed by atoms with Crippen molar-refractivity contribution in [2.75, 3.05) is 26.2 Å². The molecule has 27 heavy (non-hydrogen) atoms. The Bertz CT molecular complexity index is 804. The largest absolute Gasteiger partial charge is 0.481 e. The zero-order valence-corrected chi connectivity index (χ0v) is 16.0. The summed E-state index contributed by atoms with van der Waals surface area (Å²) in [6.45, 7) is 3.76. The molecule has 1 aliphatic heterocycles. The standard InChI is InChI=1S/C21H23ClN2O3/c1-15(21(26)27)20(25)24-13-11-23(12-14-24)19(16-7-3-2-4-8-16)17-9-5-6-10-18(17)22/h2-10,15,19H,11-14H2,1H3,(H,26,27). The number of carboxylic acids is 1. The van der Waals surface area contributed by atoms with E-state index in [1.54, 1.807) is 4.90 Å². The van der Waals surface area contributed by atoms with Crippen LogP contribution in [-0.2, 0) is 9.59 Å². The van der Waals surface area contributed by atoms with Gasteiger partial charge in [0.05, 0.1) is 6.04 Å². The Balaban J connectivity index is 1.81. The fourth-order valence-corrected chi connectivity index (χ4v) is 3.74. The molecule has 2 atom stereocenters. The number of carboxylic acid groups (broad SMARTS) is 1. The van der Waals surface area contributed by atoms with Crippen molar-refractivity contribution in [3.8, 4) is 0 Å². The van der Waals surface area contributed by atoms with Crippen molar-refractivity contribution in [3.05, 3.63) is 70.7 Å². The Morgan fingerprint density at radius 2 is 1.56 bits per heavy atom. The zero-order valence-electron chi connectivity index (χ0n) is 15.2. The monoisotopic (exact) mass is 386 g/mol. The summed E-state index contributed by atoms with van der Waals surface area (Å²) in [4.78, 5) is 27.3. The third kappa shape index (κ3) is 4.31. The van der Waals surface area contributed by atoms with Crippen molar-refractivity contribution in [3.63, 3.8) is 0 Å². The van der Waals surface area contributed by atoms with Gasteiger partial charge in [-0.1, -0.05) is 60.1 Å². The lowest BCUT2D eigenvalue weighted by atomic mass is 9.96. The Hall–Kier alpha value is -2.37. The van der Waals surface area contributed by atoms with Crippen LogP contribution < -0.4 is 0 Å². The number of carbonyl (C=O) groups is 2. The molecule has 1 N–H and O–H groups in total. The summed E-state index contributed by atoms with van der Waals surface area (Å²) >= 11 is 6.49. The molecule has 0 aliphatic carbocycles. The van der Waals surface area contributed by atoms with E-state index < -0.39 is 11.9 Å². The van der Waals surface area contributed by atoms with Crippen LogP contribution in [0.1, 0.15) is 24.1 Å². The second-order valence-corrected chi connectivity index (χ2v) is 7.16. The minimum Gasteiger partial charge on any atom is -0.481 e. The van der Waals surface area contributed by atoms with Crippen LogP contribution in [0.5, 0.6) is 0 Å². The summed E-state index contributed by atoms with van der Waals surface area (Å²) in [7, 11) is 0. The number of carbonyl (C=O) groups excluding carboxylic acids is 1. The Morgan fingerprint density at radius 1 is 0.963 bits per heavy atom. The molecule has 1 saturated heterocycles. The van der Waals surface area contributed by atoms with Gasteiger partial charge in [0.25, 0.3) is 0 Å². The first kappa shape index (κ1) is 19.4. The maximum Gasteiger partial charge on any atom is 0.315 e. The van der Waals surface area contributed by atoms with E-state index in [4.69, 9.17) is 16.7 Å². The first-order chi connectivity index (χ1) is 13.0. The average Bonchev–Trinajstić information content (AvgIpc) is 2.70. The maximum absolute atomic E-state index is 12.3. The van der Waals surface area contributed by atoms with Gasteiger partial charge in [-0.25, -0.2) is 0 Å². The predicted octanol–water partition coefficient (Wildman–Crippen LogP) is 3.29. The lowest BCUT2D eigenvalue weighted by Crippen LogP contribution is -2.51. The van der Waals surface area contributed by atoms with Crippen LogP contribution in [0, 0.1) is 5.92 Å². The first-order valence-electron chi connectivity index (χ1n) is 9.04. The number of halogens is 1. The van der Waals surface area contributed by atoms with Gasteiger partial charge in [-0.05, 0) is 24.1 Å².